The van der Waals surface area contributed by atoms with Crippen LogP contribution in [0.15, 0.2) is 12.1 Å². The number of methoxy groups -OCH3 is 1. The molecule has 0 aliphatic heterocycles. The van der Waals surface area contributed by atoms with E-state index in [4.69, 9.17) is 4.74 Å². The summed E-state index contributed by atoms with van der Waals surface area (Å²) in [6.45, 7) is 1.65. The third-order valence-electron chi connectivity index (χ3n) is 3.57. The molecule has 0 spiro atoms. The summed E-state index contributed by atoms with van der Waals surface area (Å²) < 4.78 is 5.38. The number of hydrogen-bond acceptors (Lipinski definition) is 5. The number of ether oxygens (including phenoxy) is 1. The van der Waals surface area contributed by atoms with E-state index >= 15 is 0 Å². The number of anilines is 1. The van der Waals surface area contributed by atoms with E-state index in [0.29, 0.717) is 23.7 Å². The maximum atomic E-state index is 10.7. The van der Waals surface area contributed by atoms with Gasteiger partial charge in [-0.1, -0.05) is 0 Å². The molecule has 1 heterocycles. The Morgan fingerprint density at radius 1 is 1.47 bits per heavy atom. The maximum absolute atomic E-state index is 10.7. The first kappa shape index (κ1) is 13.7. The van der Waals surface area contributed by atoms with Gasteiger partial charge in [-0.05, 0) is 38.7 Å². The molecule has 0 bridgehead atoms. The molecule has 0 amide bonds. The molecule has 0 aromatic carbocycles. The molecular weight excluding hydrogens is 246 g/mol. The largest absolute Gasteiger partial charge is 0.381 e. The number of aryl methyl sites for hydroxylation is 1. The highest BCUT2D eigenvalue weighted by Crippen LogP contribution is 2.24. The summed E-state index contributed by atoms with van der Waals surface area (Å²) in [5, 5.41) is 14.1. The van der Waals surface area contributed by atoms with E-state index in [0.717, 1.165) is 25.7 Å². The lowest BCUT2D eigenvalue weighted by atomic mass is 9.93. The van der Waals surface area contributed by atoms with Crippen molar-refractivity contribution < 1.29 is 9.66 Å². The van der Waals surface area contributed by atoms with Gasteiger partial charge in [0.1, 0.15) is 11.5 Å². The van der Waals surface area contributed by atoms with E-state index in [1.807, 2.05) is 0 Å². The van der Waals surface area contributed by atoms with Crippen LogP contribution in [0, 0.1) is 17.0 Å². The van der Waals surface area contributed by atoms with Crippen LogP contribution in [0.5, 0.6) is 0 Å². The molecule has 2 atom stereocenters. The van der Waals surface area contributed by atoms with Gasteiger partial charge in [0, 0.05) is 19.2 Å². The van der Waals surface area contributed by atoms with Gasteiger partial charge in [0.05, 0.1) is 11.0 Å². The van der Waals surface area contributed by atoms with Crippen LogP contribution >= 0.6 is 0 Å². The lowest BCUT2D eigenvalue weighted by Gasteiger charge is -2.29. The van der Waals surface area contributed by atoms with Crippen molar-refractivity contribution in [3.05, 3.63) is 27.9 Å². The van der Waals surface area contributed by atoms with Gasteiger partial charge < -0.3 is 10.1 Å². The zero-order valence-corrected chi connectivity index (χ0v) is 11.3. The second kappa shape index (κ2) is 5.97. The Bertz CT molecular complexity index is 464. The molecule has 0 saturated heterocycles. The predicted octanol–water partition coefficient (Wildman–Crippen LogP) is 2.67. The minimum absolute atomic E-state index is 0.0592. The molecule has 2 rings (SSSR count). The summed E-state index contributed by atoms with van der Waals surface area (Å²) in [4.78, 5) is 14.6. The number of nitro groups is 1. The summed E-state index contributed by atoms with van der Waals surface area (Å²) in [6, 6.07) is 3.50. The molecule has 1 N–H and O–H groups in total. The number of rotatable bonds is 4. The van der Waals surface area contributed by atoms with Gasteiger partial charge in [0.15, 0.2) is 0 Å². The highest BCUT2D eigenvalue weighted by molar-refractivity contribution is 5.45. The van der Waals surface area contributed by atoms with Gasteiger partial charge in [-0.2, -0.15) is 0 Å². The Hall–Kier alpha value is -1.69. The van der Waals surface area contributed by atoms with E-state index in [1.165, 1.54) is 6.07 Å². The standard InChI is InChI=1S/C13H19N3O3/c1-9-12(16(17)18)6-7-13(14-9)15-10-4-3-5-11(8-10)19-2/h6-7,10-11H,3-5,8H2,1-2H3,(H,14,15). The minimum Gasteiger partial charge on any atom is -0.381 e. The van der Waals surface area contributed by atoms with E-state index in [-0.39, 0.29) is 5.69 Å². The third-order valence-corrected chi connectivity index (χ3v) is 3.57. The van der Waals surface area contributed by atoms with Crippen molar-refractivity contribution in [1.29, 1.82) is 0 Å². The monoisotopic (exact) mass is 265 g/mol. The fraction of sp³-hybridized carbons (Fsp3) is 0.615. The zero-order valence-electron chi connectivity index (χ0n) is 11.3. The molecule has 0 radical (unpaired) electrons. The molecule has 1 aliphatic rings. The van der Waals surface area contributed by atoms with Crippen LogP contribution in [0.25, 0.3) is 0 Å². The Morgan fingerprint density at radius 2 is 2.26 bits per heavy atom. The minimum atomic E-state index is -0.409. The number of nitrogens with one attached hydrogen (secondary N) is 1. The normalized spacial score (nSPS) is 23.1. The number of nitrogens with zero attached hydrogens (tertiary/aromatic N) is 2. The van der Waals surface area contributed by atoms with Gasteiger partial charge in [0.25, 0.3) is 5.69 Å². The molecule has 2 unspecified atom stereocenters. The Labute approximate surface area is 112 Å². The van der Waals surface area contributed by atoms with Gasteiger partial charge >= 0.3 is 0 Å². The fourth-order valence-corrected chi connectivity index (χ4v) is 2.53. The lowest BCUT2D eigenvalue weighted by molar-refractivity contribution is -0.385. The molecule has 1 aromatic heterocycles. The fourth-order valence-electron chi connectivity index (χ4n) is 2.53. The van der Waals surface area contributed by atoms with E-state index in [2.05, 4.69) is 10.3 Å². The van der Waals surface area contributed by atoms with Crippen LogP contribution in [-0.2, 0) is 4.74 Å². The van der Waals surface area contributed by atoms with Crippen molar-refractivity contribution in [2.75, 3.05) is 12.4 Å². The highest BCUT2D eigenvalue weighted by Gasteiger charge is 2.22. The van der Waals surface area contributed by atoms with Gasteiger partial charge in [0.2, 0.25) is 0 Å². The summed E-state index contributed by atoms with van der Waals surface area (Å²) in [5.41, 5.74) is 0.498. The van der Waals surface area contributed by atoms with Gasteiger partial charge in [-0.3, -0.25) is 10.1 Å². The van der Waals surface area contributed by atoms with E-state index in [9.17, 15) is 10.1 Å². The number of pyridine rings is 1. The quantitative estimate of drug-likeness (QED) is 0.669. The summed E-state index contributed by atoms with van der Waals surface area (Å²) in [5.74, 6) is 0.699. The number of hydrogen-bond donors (Lipinski definition) is 1. The van der Waals surface area contributed by atoms with E-state index in [1.54, 1.807) is 20.1 Å². The smallest absolute Gasteiger partial charge is 0.290 e. The molecule has 104 valence electrons. The molecule has 1 aliphatic carbocycles. The average molecular weight is 265 g/mol. The first-order valence-electron chi connectivity index (χ1n) is 6.51. The Kier molecular flexibility index (Phi) is 4.31. The van der Waals surface area contributed by atoms with Crippen molar-refractivity contribution in [3.63, 3.8) is 0 Å². The molecular formula is C13H19N3O3. The van der Waals surface area contributed by atoms with E-state index < -0.39 is 4.92 Å². The first-order valence-corrected chi connectivity index (χ1v) is 6.51. The molecule has 6 nitrogen and oxygen atoms in total. The maximum Gasteiger partial charge on any atom is 0.290 e. The topological polar surface area (TPSA) is 77.3 Å². The second-order valence-electron chi connectivity index (χ2n) is 4.92. The molecule has 6 heteroatoms. The van der Waals surface area contributed by atoms with Gasteiger partial charge in [-0.15, -0.1) is 0 Å². The second-order valence-corrected chi connectivity index (χ2v) is 4.92. The molecule has 1 saturated carbocycles. The lowest BCUT2D eigenvalue weighted by Crippen LogP contribution is -2.31. The van der Waals surface area contributed by atoms with Crippen molar-refractivity contribution >= 4 is 11.5 Å². The Morgan fingerprint density at radius 3 is 2.89 bits per heavy atom. The van der Waals surface area contributed by atoms with Crippen LogP contribution in [0.1, 0.15) is 31.4 Å². The zero-order chi connectivity index (χ0) is 13.8. The average Bonchev–Trinajstić information content (AvgIpc) is 2.38. The van der Waals surface area contributed by atoms with Gasteiger partial charge in [-0.25, -0.2) is 4.98 Å². The van der Waals surface area contributed by atoms with Crippen molar-refractivity contribution in [3.8, 4) is 0 Å². The Balaban J connectivity index is 2.03. The van der Waals surface area contributed by atoms with Crippen LogP contribution in [0.2, 0.25) is 0 Å². The van der Waals surface area contributed by atoms with Crippen molar-refractivity contribution in [2.45, 2.75) is 44.8 Å². The van der Waals surface area contributed by atoms with Crippen LogP contribution < -0.4 is 5.32 Å². The molecule has 1 aromatic rings. The van der Waals surface area contributed by atoms with Crippen molar-refractivity contribution in [1.82, 2.24) is 4.98 Å². The first-order chi connectivity index (χ1) is 9.10. The van der Waals surface area contributed by atoms with Crippen LogP contribution in [-0.4, -0.2) is 29.2 Å². The van der Waals surface area contributed by atoms with Crippen LogP contribution in [0.3, 0.4) is 0 Å². The molecule has 19 heavy (non-hydrogen) atoms. The molecule has 1 fully saturated rings. The SMILES string of the molecule is COC1CCCC(Nc2ccc([N+](=O)[O-])c(C)n2)C1. The van der Waals surface area contributed by atoms with Crippen molar-refractivity contribution in [2.24, 2.45) is 0 Å². The highest BCUT2D eigenvalue weighted by atomic mass is 16.6. The third kappa shape index (κ3) is 3.41. The summed E-state index contributed by atoms with van der Waals surface area (Å²) >= 11 is 0. The van der Waals surface area contributed by atoms with Crippen LogP contribution in [0.4, 0.5) is 11.5 Å². The number of aromatic nitrogens is 1. The summed E-state index contributed by atoms with van der Waals surface area (Å²) in [6.07, 6.45) is 4.56. The summed E-state index contributed by atoms with van der Waals surface area (Å²) in [7, 11) is 1.74. The predicted molar refractivity (Wildman–Crippen MR) is 72.3 cm³/mol.